The summed E-state index contributed by atoms with van der Waals surface area (Å²) >= 11 is 5.74. The number of hydrogen-bond donors (Lipinski definition) is 1. The van der Waals surface area contributed by atoms with Crippen LogP contribution in [0.1, 0.15) is 5.56 Å². The Balaban J connectivity index is 1.70. The van der Waals surface area contributed by atoms with Gasteiger partial charge in [-0.15, -0.1) is 5.10 Å². The van der Waals surface area contributed by atoms with Crippen LogP contribution in [0.2, 0.25) is 5.02 Å². The van der Waals surface area contributed by atoms with Gasteiger partial charge in [0.25, 0.3) is 0 Å². The second kappa shape index (κ2) is 7.27. The van der Waals surface area contributed by atoms with E-state index >= 15 is 0 Å². The third kappa shape index (κ3) is 4.27. The van der Waals surface area contributed by atoms with E-state index in [1.165, 1.54) is 24.3 Å². The van der Waals surface area contributed by atoms with E-state index in [1.54, 1.807) is 6.07 Å². The van der Waals surface area contributed by atoms with Crippen molar-refractivity contribution in [1.29, 1.82) is 0 Å². The molecule has 7 nitrogen and oxygen atoms in total. The minimum Gasteiger partial charge on any atom is -0.403 e. The van der Waals surface area contributed by atoms with Crippen molar-refractivity contribution in [2.75, 3.05) is 11.1 Å². The molecule has 1 N–H and O–H groups in total. The highest BCUT2D eigenvalue weighted by atomic mass is 35.5. The zero-order valence-corrected chi connectivity index (χ0v) is 15.2. The summed E-state index contributed by atoms with van der Waals surface area (Å²) in [6.45, 7) is 1.92. The molecular formula is C17H14ClN3O4S. The van der Waals surface area contributed by atoms with Gasteiger partial charge in [-0.05, 0) is 43.3 Å². The molecule has 1 heterocycles. The van der Waals surface area contributed by atoms with Crippen LogP contribution in [-0.4, -0.2) is 30.3 Å². The fourth-order valence-corrected chi connectivity index (χ4v) is 3.48. The number of anilines is 1. The van der Waals surface area contributed by atoms with Gasteiger partial charge in [0.15, 0.2) is 9.84 Å². The molecule has 0 aliphatic rings. The third-order valence-electron chi connectivity index (χ3n) is 3.43. The Kier molecular flexibility index (Phi) is 5.06. The van der Waals surface area contributed by atoms with Gasteiger partial charge in [0, 0.05) is 10.6 Å². The van der Waals surface area contributed by atoms with Gasteiger partial charge in [0.05, 0.1) is 4.90 Å². The van der Waals surface area contributed by atoms with E-state index < -0.39 is 21.5 Å². The van der Waals surface area contributed by atoms with E-state index in [1.807, 2.05) is 25.1 Å². The van der Waals surface area contributed by atoms with E-state index in [0.29, 0.717) is 10.6 Å². The summed E-state index contributed by atoms with van der Waals surface area (Å²) in [4.78, 5) is 12.0. The molecule has 0 saturated heterocycles. The van der Waals surface area contributed by atoms with Crippen LogP contribution in [0.3, 0.4) is 0 Å². The first kappa shape index (κ1) is 18.1. The first-order valence-electron chi connectivity index (χ1n) is 7.52. The van der Waals surface area contributed by atoms with Crippen molar-refractivity contribution in [1.82, 2.24) is 10.2 Å². The summed E-state index contributed by atoms with van der Waals surface area (Å²) in [7, 11) is -3.81. The number of rotatable bonds is 5. The molecule has 0 aliphatic carbocycles. The van der Waals surface area contributed by atoms with Crippen LogP contribution < -0.4 is 5.32 Å². The average molecular weight is 392 g/mol. The highest BCUT2D eigenvalue weighted by molar-refractivity contribution is 7.92. The van der Waals surface area contributed by atoms with Crippen LogP contribution in [0.4, 0.5) is 6.01 Å². The molecule has 1 amide bonds. The SMILES string of the molecule is Cc1cccc(-c2nnc(NC(=O)CS(=O)(=O)c3ccc(Cl)cc3)o2)c1. The summed E-state index contributed by atoms with van der Waals surface area (Å²) in [6.07, 6.45) is 0. The van der Waals surface area contributed by atoms with Crippen LogP contribution in [-0.2, 0) is 14.6 Å². The lowest BCUT2D eigenvalue weighted by Gasteiger charge is -2.04. The Hall–Kier alpha value is -2.71. The standard InChI is InChI=1S/C17H14ClN3O4S/c1-11-3-2-4-12(9-11)16-20-21-17(25-16)19-15(22)10-26(23,24)14-7-5-13(18)6-8-14/h2-9H,10H2,1H3,(H,19,21,22). The van der Waals surface area contributed by atoms with Gasteiger partial charge < -0.3 is 4.42 Å². The van der Waals surface area contributed by atoms with Crippen LogP contribution in [0.15, 0.2) is 57.8 Å². The minimum atomic E-state index is -3.81. The number of amides is 1. The topological polar surface area (TPSA) is 102 Å². The van der Waals surface area contributed by atoms with E-state index in [2.05, 4.69) is 15.5 Å². The van der Waals surface area contributed by atoms with Gasteiger partial charge in [0.1, 0.15) is 5.75 Å². The molecular weight excluding hydrogens is 378 g/mol. The van der Waals surface area contributed by atoms with E-state index in [0.717, 1.165) is 5.56 Å². The third-order valence-corrected chi connectivity index (χ3v) is 5.31. The highest BCUT2D eigenvalue weighted by Gasteiger charge is 2.21. The highest BCUT2D eigenvalue weighted by Crippen LogP contribution is 2.21. The molecule has 0 saturated carbocycles. The maximum absolute atomic E-state index is 12.2. The van der Waals surface area contributed by atoms with Gasteiger partial charge in [-0.2, -0.15) is 0 Å². The molecule has 9 heteroatoms. The molecule has 26 heavy (non-hydrogen) atoms. The van der Waals surface area contributed by atoms with Crippen molar-refractivity contribution in [2.45, 2.75) is 11.8 Å². The zero-order chi connectivity index (χ0) is 18.7. The number of nitrogens with zero attached hydrogens (tertiary/aromatic N) is 2. The number of hydrogen-bond acceptors (Lipinski definition) is 6. The number of aromatic nitrogens is 2. The molecule has 0 spiro atoms. The normalized spacial score (nSPS) is 11.3. The van der Waals surface area contributed by atoms with Crippen molar-refractivity contribution in [3.63, 3.8) is 0 Å². The van der Waals surface area contributed by atoms with Gasteiger partial charge in [-0.25, -0.2) is 8.42 Å². The summed E-state index contributed by atoms with van der Waals surface area (Å²) in [6, 6.07) is 12.8. The molecule has 0 radical (unpaired) electrons. The van der Waals surface area contributed by atoms with Crippen molar-refractivity contribution in [3.8, 4) is 11.5 Å². The van der Waals surface area contributed by atoms with Crippen molar-refractivity contribution < 1.29 is 17.6 Å². The van der Waals surface area contributed by atoms with Crippen molar-refractivity contribution >= 4 is 33.4 Å². The maximum Gasteiger partial charge on any atom is 0.322 e. The van der Waals surface area contributed by atoms with Crippen LogP contribution in [0.5, 0.6) is 0 Å². The quantitative estimate of drug-likeness (QED) is 0.716. The first-order valence-corrected chi connectivity index (χ1v) is 9.55. The summed E-state index contributed by atoms with van der Waals surface area (Å²) in [5.41, 5.74) is 1.71. The maximum atomic E-state index is 12.2. The Morgan fingerprint density at radius 1 is 1.15 bits per heavy atom. The number of nitrogens with one attached hydrogen (secondary N) is 1. The number of carbonyl (C=O) groups excluding carboxylic acids is 1. The molecule has 0 atom stereocenters. The first-order chi connectivity index (χ1) is 12.3. The molecule has 1 aromatic heterocycles. The monoisotopic (exact) mass is 391 g/mol. The van der Waals surface area contributed by atoms with E-state index in [-0.39, 0.29) is 16.8 Å². The smallest absolute Gasteiger partial charge is 0.322 e. The molecule has 0 aliphatic heterocycles. The molecule has 3 aromatic rings. The Morgan fingerprint density at radius 2 is 1.88 bits per heavy atom. The number of halogens is 1. The summed E-state index contributed by atoms with van der Waals surface area (Å²) < 4.78 is 29.8. The van der Waals surface area contributed by atoms with Crippen LogP contribution in [0.25, 0.3) is 11.5 Å². The molecule has 2 aromatic carbocycles. The van der Waals surface area contributed by atoms with Crippen LogP contribution >= 0.6 is 11.6 Å². The van der Waals surface area contributed by atoms with Gasteiger partial charge in [0.2, 0.25) is 11.8 Å². The zero-order valence-electron chi connectivity index (χ0n) is 13.6. The van der Waals surface area contributed by atoms with Crippen LogP contribution in [0, 0.1) is 6.92 Å². The number of benzene rings is 2. The fourth-order valence-electron chi connectivity index (χ4n) is 2.22. The second-order valence-corrected chi connectivity index (χ2v) is 7.97. The lowest BCUT2D eigenvalue weighted by atomic mass is 10.1. The predicted octanol–water partition coefficient (Wildman–Crippen LogP) is 3.11. The average Bonchev–Trinajstić information content (AvgIpc) is 3.03. The molecule has 3 rings (SSSR count). The molecule has 0 fully saturated rings. The minimum absolute atomic E-state index is 0.00280. The largest absolute Gasteiger partial charge is 0.403 e. The lowest BCUT2D eigenvalue weighted by molar-refractivity contribution is -0.114. The Bertz CT molecular complexity index is 1050. The van der Waals surface area contributed by atoms with Crippen molar-refractivity contribution in [2.24, 2.45) is 0 Å². The number of sulfone groups is 1. The number of carbonyl (C=O) groups is 1. The lowest BCUT2D eigenvalue weighted by Crippen LogP contribution is -2.23. The van der Waals surface area contributed by atoms with E-state index in [4.69, 9.17) is 16.0 Å². The van der Waals surface area contributed by atoms with Gasteiger partial charge in [-0.1, -0.05) is 34.4 Å². The predicted molar refractivity (Wildman–Crippen MR) is 96.6 cm³/mol. The fraction of sp³-hybridized carbons (Fsp3) is 0.118. The number of aryl methyl sites for hydroxylation is 1. The molecule has 0 unspecified atom stereocenters. The van der Waals surface area contributed by atoms with Gasteiger partial charge >= 0.3 is 6.01 Å². The molecule has 0 bridgehead atoms. The van der Waals surface area contributed by atoms with Crippen molar-refractivity contribution in [3.05, 3.63) is 59.1 Å². The van der Waals surface area contributed by atoms with Gasteiger partial charge in [-0.3, -0.25) is 10.1 Å². The summed E-state index contributed by atoms with van der Waals surface area (Å²) in [5, 5.41) is 10.3. The second-order valence-electron chi connectivity index (χ2n) is 5.54. The Morgan fingerprint density at radius 3 is 2.58 bits per heavy atom. The Labute approximate surface area is 154 Å². The summed E-state index contributed by atoms with van der Waals surface area (Å²) in [5.74, 6) is -1.31. The molecule has 134 valence electrons. The van der Waals surface area contributed by atoms with E-state index in [9.17, 15) is 13.2 Å².